The molecule has 1 heterocycles. The number of ether oxygens (including phenoxy) is 1. The number of nitrogens with one attached hydrogen (secondary N) is 1. The van der Waals surface area contributed by atoms with Gasteiger partial charge in [-0.25, -0.2) is 4.79 Å². The van der Waals surface area contributed by atoms with Crippen LogP contribution in [0.3, 0.4) is 0 Å². The van der Waals surface area contributed by atoms with Crippen molar-refractivity contribution in [1.82, 2.24) is 10.2 Å². The number of benzene rings is 2. The number of rotatable bonds is 7. The molecule has 1 atom stereocenters. The number of amides is 3. The van der Waals surface area contributed by atoms with Crippen molar-refractivity contribution in [2.24, 2.45) is 0 Å². The lowest BCUT2D eigenvalue weighted by atomic mass is 9.87. The third-order valence-electron chi connectivity index (χ3n) is 5.32. The van der Waals surface area contributed by atoms with Crippen molar-refractivity contribution in [3.05, 3.63) is 69.3 Å². The number of hydrogen-bond donors (Lipinski definition) is 1. The van der Waals surface area contributed by atoms with Gasteiger partial charge in [0.1, 0.15) is 11.3 Å². The lowest BCUT2D eigenvalue weighted by molar-refractivity contribution is -0.385. The maximum atomic E-state index is 13.2. The Hall–Kier alpha value is -3.75. The Labute approximate surface area is 172 Å². The van der Waals surface area contributed by atoms with E-state index in [1.807, 2.05) is 0 Å². The van der Waals surface area contributed by atoms with Gasteiger partial charge in [0.15, 0.2) is 5.78 Å². The van der Waals surface area contributed by atoms with E-state index in [1.165, 1.54) is 19.2 Å². The molecule has 0 aromatic heterocycles. The number of methoxy groups -OCH3 is 1. The van der Waals surface area contributed by atoms with Crippen molar-refractivity contribution in [2.45, 2.75) is 25.8 Å². The molecule has 1 aliphatic heterocycles. The lowest BCUT2D eigenvalue weighted by Crippen LogP contribution is -2.43. The van der Waals surface area contributed by atoms with E-state index in [0.717, 1.165) is 11.0 Å². The summed E-state index contributed by atoms with van der Waals surface area (Å²) in [5.41, 5.74) is -0.435. The molecule has 1 fully saturated rings. The molecule has 9 heteroatoms. The maximum absolute atomic E-state index is 13.2. The minimum Gasteiger partial charge on any atom is -0.497 e. The first kappa shape index (κ1) is 21.0. The smallest absolute Gasteiger partial charge is 0.325 e. The van der Waals surface area contributed by atoms with Gasteiger partial charge in [-0.3, -0.25) is 24.6 Å². The summed E-state index contributed by atoms with van der Waals surface area (Å²) in [5.74, 6) is -0.506. The highest BCUT2D eigenvalue weighted by Crippen LogP contribution is 2.33. The molecule has 0 unspecified atom stereocenters. The summed E-state index contributed by atoms with van der Waals surface area (Å²) < 4.78 is 5.13. The monoisotopic (exact) mass is 411 g/mol. The van der Waals surface area contributed by atoms with Gasteiger partial charge in [0, 0.05) is 17.2 Å². The molecule has 30 heavy (non-hydrogen) atoms. The Kier molecular flexibility index (Phi) is 5.55. The van der Waals surface area contributed by atoms with Crippen molar-refractivity contribution in [2.75, 3.05) is 13.7 Å². The van der Waals surface area contributed by atoms with E-state index in [0.29, 0.717) is 16.9 Å². The number of nitro groups is 1. The maximum Gasteiger partial charge on any atom is 0.325 e. The zero-order valence-electron chi connectivity index (χ0n) is 16.8. The Morgan fingerprint density at radius 1 is 1.20 bits per heavy atom. The molecule has 0 radical (unpaired) electrons. The minimum atomic E-state index is -1.29. The SMILES string of the molecule is CC[C@@]1(c2ccc(OC)cc2)NC(=O)N(CC(=O)c2ccc(C)c([N+](=O)[O-])c2)C1=O. The second kappa shape index (κ2) is 7.94. The number of hydrogen-bond acceptors (Lipinski definition) is 6. The minimum absolute atomic E-state index is 0.0614. The largest absolute Gasteiger partial charge is 0.497 e. The number of Topliss-reactive ketones (excluding diaryl/α,β-unsaturated/α-hetero) is 1. The Morgan fingerprint density at radius 2 is 1.87 bits per heavy atom. The van der Waals surface area contributed by atoms with Gasteiger partial charge in [-0.1, -0.05) is 31.2 Å². The van der Waals surface area contributed by atoms with Gasteiger partial charge in [0.25, 0.3) is 11.6 Å². The van der Waals surface area contributed by atoms with Gasteiger partial charge >= 0.3 is 6.03 Å². The topological polar surface area (TPSA) is 119 Å². The molecule has 3 amide bonds. The van der Waals surface area contributed by atoms with Crippen LogP contribution in [-0.2, 0) is 10.3 Å². The van der Waals surface area contributed by atoms with Crippen molar-refractivity contribution < 1.29 is 24.0 Å². The average Bonchev–Trinajstić information content (AvgIpc) is 2.99. The fraction of sp³-hybridized carbons (Fsp3) is 0.286. The summed E-state index contributed by atoms with van der Waals surface area (Å²) in [6.07, 6.45) is 0.282. The Bertz CT molecular complexity index is 1030. The van der Waals surface area contributed by atoms with Crippen LogP contribution in [0.15, 0.2) is 42.5 Å². The molecule has 1 N–H and O–H groups in total. The molecule has 1 saturated heterocycles. The highest BCUT2D eigenvalue weighted by molar-refractivity contribution is 6.11. The van der Waals surface area contributed by atoms with Crippen LogP contribution in [0.5, 0.6) is 5.75 Å². The molecule has 0 aliphatic carbocycles. The van der Waals surface area contributed by atoms with Crippen LogP contribution in [0.4, 0.5) is 10.5 Å². The fourth-order valence-electron chi connectivity index (χ4n) is 3.50. The fourth-order valence-corrected chi connectivity index (χ4v) is 3.50. The van der Waals surface area contributed by atoms with E-state index in [2.05, 4.69) is 5.32 Å². The van der Waals surface area contributed by atoms with Crippen LogP contribution in [0.25, 0.3) is 0 Å². The van der Waals surface area contributed by atoms with E-state index < -0.39 is 34.7 Å². The van der Waals surface area contributed by atoms with Gasteiger partial charge in [0.2, 0.25) is 0 Å². The number of carbonyl (C=O) groups excluding carboxylic acids is 3. The van der Waals surface area contributed by atoms with Gasteiger partial charge in [-0.15, -0.1) is 0 Å². The van der Waals surface area contributed by atoms with E-state index in [4.69, 9.17) is 4.74 Å². The first-order chi connectivity index (χ1) is 14.2. The quantitative estimate of drug-likeness (QED) is 0.324. The van der Waals surface area contributed by atoms with Crippen LogP contribution >= 0.6 is 0 Å². The molecule has 0 bridgehead atoms. The number of ketones is 1. The standard InChI is InChI=1S/C21H21N3O6/c1-4-21(15-7-9-16(30-3)10-8-15)19(26)23(20(27)22-21)12-18(25)14-6-5-13(2)17(11-14)24(28)29/h5-11H,4,12H2,1-3H3,(H,22,27)/t21-/m0/s1. The molecule has 0 saturated carbocycles. The summed E-state index contributed by atoms with van der Waals surface area (Å²) in [6, 6.07) is 10.1. The first-order valence-electron chi connectivity index (χ1n) is 9.30. The Morgan fingerprint density at radius 3 is 2.43 bits per heavy atom. The number of carbonyl (C=O) groups is 3. The van der Waals surface area contributed by atoms with Crippen molar-refractivity contribution >= 4 is 23.4 Å². The molecule has 0 spiro atoms. The van der Waals surface area contributed by atoms with Crippen LogP contribution in [0, 0.1) is 17.0 Å². The van der Waals surface area contributed by atoms with Crippen molar-refractivity contribution in [3.8, 4) is 5.75 Å². The van der Waals surface area contributed by atoms with Crippen molar-refractivity contribution in [1.29, 1.82) is 0 Å². The van der Waals surface area contributed by atoms with E-state index >= 15 is 0 Å². The summed E-state index contributed by atoms with van der Waals surface area (Å²) >= 11 is 0. The van der Waals surface area contributed by atoms with Gasteiger partial charge in [-0.2, -0.15) is 0 Å². The summed E-state index contributed by atoms with van der Waals surface area (Å²) in [6.45, 7) is 2.81. The predicted octanol–water partition coefficient (Wildman–Crippen LogP) is 2.95. The molecule has 9 nitrogen and oxygen atoms in total. The van der Waals surface area contributed by atoms with Gasteiger partial charge in [0.05, 0.1) is 18.6 Å². The van der Waals surface area contributed by atoms with Crippen LogP contribution in [0.2, 0.25) is 0 Å². The second-order valence-corrected chi connectivity index (χ2v) is 6.99. The molecule has 2 aromatic carbocycles. The summed E-state index contributed by atoms with van der Waals surface area (Å²) in [5, 5.41) is 13.8. The predicted molar refractivity (Wildman–Crippen MR) is 107 cm³/mol. The molecule has 3 rings (SSSR count). The zero-order chi connectivity index (χ0) is 22.1. The number of urea groups is 1. The summed E-state index contributed by atoms with van der Waals surface area (Å²) in [7, 11) is 1.52. The zero-order valence-corrected chi connectivity index (χ0v) is 16.8. The van der Waals surface area contributed by atoms with Crippen molar-refractivity contribution in [3.63, 3.8) is 0 Å². The molecule has 1 aliphatic rings. The van der Waals surface area contributed by atoms with Crippen LogP contribution in [-0.4, -0.2) is 41.2 Å². The highest BCUT2D eigenvalue weighted by atomic mass is 16.6. The highest BCUT2D eigenvalue weighted by Gasteiger charge is 2.51. The Balaban J connectivity index is 1.88. The van der Waals surface area contributed by atoms with Crippen LogP contribution in [0.1, 0.15) is 34.8 Å². The average molecular weight is 411 g/mol. The number of aryl methyl sites for hydroxylation is 1. The number of nitro benzene ring substituents is 1. The second-order valence-electron chi connectivity index (χ2n) is 6.99. The lowest BCUT2D eigenvalue weighted by Gasteiger charge is -2.26. The molecule has 156 valence electrons. The van der Waals surface area contributed by atoms with Gasteiger partial charge in [-0.05, 0) is 31.0 Å². The van der Waals surface area contributed by atoms with Gasteiger partial charge < -0.3 is 10.1 Å². The first-order valence-corrected chi connectivity index (χ1v) is 9.30. The third kappa shape index (κ3) is 3.49. The van der Waals surface area contributed by atoms with E-state index in [9.17, 15) is 24.5 Å². The molecular weight excluding hydrogens is 390 g/mol. The van der Waals surface area contributed by atoms with E-state index in [1.54, 1.807) is 38.1 Å². The normalized spacial score (nSPS) is 18.3. The number of nitrogens with zero attached hydrogens (tertiary/aromatic N) is 2. The molecule has 2 aromatic rings. The van der Waals surface area contributed by atoms with E-state index in [-0.39, 0.29) is 17.7 Å². The third-order valence-corrected chi connectivity index (χ3v) is 5.32. The van der Waals surface area contributed by atoms with Crippen LogP contribution < -0.4 is 10.1 Å². The number of imide groups is 1. The molecular formula is C21H21N3O6. The summed E-state index contributed by atoms with van der Waals surface area (Å²) in [4.78, 5) is 49.8.